The molecule has 1 amide bonds. The number of para-hydroxylation sites is 1. The molecule has 92 valence electrons. The van der Waals surface area contributed by atoms with Gasteiger partial charge in [0.2, 0.25) is 0 Å². The lowest BCUT2D eigenvalue weighted by molar-refractivity contribution is -0.143. The zero-order valence-electron chi connectivity index (χ0n) is 9.00. The average Bonchev–Trinajstić information content (AvgIpc) is 2.34. The number of amides is 1. The third-order valence-corrected chi connectivity index (χ3v) is 1.93. The van der Waals surface area contributed by atoms with Crippen molar-refractivity contribution in [2.24, 2.45) is 0 Å². The molecule has 0 aliphatic heterocycles. The molecule has 6 nitrogen and oxygen atoms in total. The number of carboxylic acid groups (broad SMARTS) is 1. The number of hydrogen-bond acceptors (Lipinski definition) is 4. The highest BCUT2D eigenvalue weighted by Crippen LogP contribution is 2.07. The Kier molecular flexibility index (Phi) is 4.96. The third-order valence-electron chi connectivity index (χ3n) is 1.93. The largest absolute Gasteiger partial charge is 0.484 e. The standard InChI is InChI=1S/C11H13NO5/c13-6-9(11(15)16)12-10(14)7-17-8-4-2-1-3-5-8/h1-5,9,13H,6-7H2,(H,12,14)(H,15,16)/t9-/m0/s1. The minimum Gasteiger partial charge on any atom is -0.484 e. The van der Waals surface area contributed by atoms with Crippen LogP contribution in [0.2, 0.25) is 0 Å². The van der Waals surface area contributed by atoms with Gasteiger partial charge in [-0.2, -0.15) is 0 Å². The molecule has 0 aliphatic carbocycles. The predicted octanol–water partition coefficient (Wildman–Crippen LogP) is -0.373. The summed E-state index contributed by atoms with van der Waals surface area (Å²) in [7, 11) is 0. The number of benzene rings is 1. The fourth-order valence-corrected chi connectivity index (χ4v) is 1.09. The maximum absolute atomic E-state index is 11.3. The molecule has 1 rings (SSSR count). The van der Waals surface area contributed by atoms with Gasteiger partial charge in [-0.25, -0.2) is 4.79 Å². The number of hydrogen-bond donors (Lipinski definition) is 3. The van der Waals surface area contributed by atoms with Crippen LogP contribution in [-0.4, -0.2) is 41.3 Å². The zero-order chi connectivity index (χ0) is 12.7. The highest BCUT2D eigenvalue weighted by molar-refractivity contribution is 5.84. The van der Waals surface area contributed by atoms with E-state index in [-0.39, 0.29) is 6.61 Å². The topological polar surface area (TPSA) is 95.9 Å². The molecule has 0 spiro atoms. The van der Waals surface area contributed by atoms with Crippen LogP contribution in [0.4, 0.5) is 0 Å². The Morgan fingerprint density at radius 1 is 1.29 bits per heavy atom. The van der Waals surface area contributed by atoms with Crippen molar-refractivity contribution in [3.05, 3.63) is 30.3 Å². The van der Waals surface area contributed by atoms with Crippen molar-refractivity contribution in [3.63, 3.8) is 0 Å². The molecule has 0 bridgehead atoms. The van der Waals surface area contributed by atoms with E-state index < -0.39 is 24.5 Å². The molecule has 0 saturated heterocycles. The van der Waals surface area contributed by atoms with E-state index in [1.54, 1.807) is 30.3 Å². The molecular formula is C11H13NO5. The molecule has 0 fully saturated rings. The number of carbonyl (C=O) groups excluding carboxylic acids is 1. The number of ether oxygens (including phenoxy) is 1. The van der Waals surface area contributed by atoms with Crippen molar-refractivity contribution in [3.8, 4) is 5.75 Å². The van der Waals surface area contributed by atoms with Crippen LogP contribution < -0.4 is 10.1 Å². The quantitative estimate of drug-likeness (QED) is 0.629. The van der Waals surface area contributed by atoms with Crippen molar-refractivity contribution in [2.75, 3.05) is 13.2 Å². The summed E-state index contributed by atoms with van der Waals surface area (Å²) in [6.45, 7) is -0.958. The van der Waals surface area contributed by atoms with Crippen LogP contribution in [0.5, 0.6) is 5.75 Å². The number of aliphatic carboxylic acids is 1. The van der Waals surface area contributed by atoms with Gasteiger partial charge in [0, 0.05) is 0 Å². The van der Waals surface area contributed by atoms with Crippen molar-refractivity contribution in [1.29, 1.82) is 0 Å². The number of aliphatic hydroxyl groups is 1. The summed E-state index contributed by atoms with van der Waals surface area (Å²) in [4.78, 5) is 21.8. The van der Waals surface area contributed by atoms with Gasteiger partial charge in [-0.15, -0.1) is 0 Å². The van der Waals surface area contributed by atoms with Crippen LogP contribution in [0.1, 0.15) is 0 Å². The number of carbonyl (C=O) groups is 2. The molecule has 0 aromatic heterocycles. The van der Waals surface area contributed by atoms with Crippen LogP contribution in [-0.2, 0) is 9.59 Å². The predicted molar refractivity (Wildman–Crippen MR) is 58.6 cm³/mol. The summed E-state index contributed by atoms with van der Waals surface area (Å²) in [5.74, 6) is -1.38. The Hall–Kier alpha value is -2.08. The van der Waals surface area contributed by atoms with Gasteiger partial charge in [0.15, 0.2) is 6.61 Å². The molecule has 1 aromatic rings. The van der Waals surface area contributed by atoms with Gasteiger partial charge in [0.1, 0.15) is 11.8 Å². The third kappa shape index (κ3) is 4.52. The molecule has 1 aromatic carbocycles. The van der Waals surface area contributed by atoms with E-state index in [2.05, 4.69) is 5.32 Å². The van der Waals surface area contributed by atoms with Gasteiger partial charge in [-0.3, -0.25) is 4.79 Å². The average molecular weight is 239 g/mol. The first-order valence-corrected chi connectivity index (χ1v) is 4.94. The molecule has 0 heterocycles. The fraction of sp³-hybridized carbons (Fsp3) is 0.273. The Balaban J connectivity index is 2.37. The van der Waals surface area contributed by atoms with Crippen molar-refractivity contribution >= 4 is 11.9 Å². The Morgan fingerprint density at radius 3 is 2.47 bits per heavy atom. The molecule has 3 N–H and O–H groups in total. The Bertz CT molecular complexity index is 379. The highest BCUT2D eigenvalue weighted by atomic mass is 16.5. The lowest BCUT2D eigenvalue weighted by Gasteiger charge is -2.12. The van der Waals surface area contributed by atoms with E-state index in [4.69, 9.17) is 14.9 Å². The number of aliphatic hydroxyl groups excluding tert-OH is 1. The van der Waals surface area contributed by atoms with Crippen molar-refractivity contribution in [1.82, 2.24) is 5.32 Å². The van der Waals surface area contributed by atoms with Crippen molar-refractivity contribution < 1.29 is 24.5 Å². The van der Waals surface area contributed by atoms with E-state index >= 15 is 0 Å². The summed E-state index contributed by atoms with van der Waals surface area (Å²) < 4.78 is 5.11. The fourth-order valence-electron chi connectivity index (χ4n) is 1.09. The van der Waals surface area contributed by atoms with Gasteiger partial charge in [0.05, 0.1) is 6.61 Å². The maximum atomic E-state index is 11.3. The van der Waals surface area contributed by atoms with Crippen LogP contribution in [0.3, 0.4) is 0 Å². The normalized spacial score (nSPS) is 11.6. The smallest absolute Gasteiger partial charge is 0.328 e. The van der Waals surface area contributed by atoms with Gasteiger partial charge in [-0.05, 0) is 12.1 Å². The SMILES string of the molecule is O=C(COc1ccccc1)N[C@@H](CO)C(=O)O. The molecule has 0 aliphatic rings. The number of nitrogens with one attached hydrogen (secondary N) is 1. The summed E-state index contributed by atoms with van der Waals surface area (Å²) in [6, 6.07) is 7.35. The second-order valence-corrected chi connectivity index (χ2v) is 3.24. The summed E-state index contributed by atoms with van der Waals surface area (Å²) in [5.41, 5.74) is 0. The van der Waals surface area contributed by atoms with E-state index in [1.165, 1.54) is 0 Å². The summed E-state index contributed by atoms with van der Waals surface area (Å²) in [5, 5.41) is 19.4. The van der Waals surface area contributed by atoms with E-state index in [9.17, 15) is 9.59 Å². The highest BCUT2D eigenvalue weighted by Gasteiger charge is 2.18. The molecule has 0 saturated carbocycles. The molecule has 1 atom stereocenters. The second-order valence-electron chi connectivity index (χ2n) is 3.24. The molecule has 0 radical (unpaired) electrons. The first-order valence-electron chi connectivity index (χ1n) is 4.94. The summed E-state index contributed by atoms with van der Waals surface area (Å²) in [6.07, 6.45) is 0. The van der Waals surface area contributed by atoms with Gasteiger partial charge in [-0.1, -0.05) is 18.2 Å². The molecular weight excluding hydrogens is 226 g/mol. The first kappa shape index (κ1) is 13.0. The van der Waals surface area contributed by atoms with Gasteiger partial charge < -0.3 is 20.3 Å². The molecule has 0 unspecified atom stereocenters. The van der Waals surface area contributed by atoms with Crippen LogP contribution >= 0.6 is 0 Å². The first-order chi connectivity index (χ1) is 8.13. The van der Waals surface area contributed by atoms with Crippen molar-refractivity contribution in [2.45, 2.75) is 6.04 Å². The minimum atomic E-state index is -1.30. The van der Waals surface area contributed by atoms with E-state index in [0.717, 1.165) is 0 Å². The minimum absolute atomic E-state index is 0.298. The number of rotatable bonds is 6. The van der Waals surface area contributed by atoms with Crippen LogP contribution in [0.15, 0.2) is 30.3 Å². The van der Waals surface area contributed by atoms with E-state index in [0.29, 0.717) is 5.75 Å². The zero-order valence-corrected chi connectivity index (χ0v) is 9.00. The van der Waals surface area contributed by atoms with Crippen LogP contribution in [0, 0.1) is 0 Å². The Labute approximate surface area is 97.8 Å². The van der Waals surface area contributed by atoms with Gasteiger partial charge >= 0.3 is 5.97 Å². The Morgan fingerprint density at radius 2 is 1.94 bits per heavy atom. The molecule has 6 heteroatoms. The van der Waals surface area contributed by atoms with E-state index in [1.807, 2.05) is 0 Å². The van der Waals surface area contributed by atoms with Gasteiger partial charge in [0.25, 0.3) is 5.91 Å². The molecule has 17 heavy (non-hydrogen) atoms. The number of carboxylic acids is 1. The lowest BCUT2D eigenvalue weighted by atomic mass is 10.3. The monoisotopic (exact) mass is 239 g/mol. The maximum Gasteiger partial charge on any atom is 0.328 e. The lowest BCUT2D eigenvalue weighted by Crippen LogP contribution is -2.45. The van der Waals surface area contributed by atoms with Crippen LogP contribution in [0.25, 0.3) is 0 Å². The second kappa shape index (κ2) is 6.49. The summed E-state index contributed by atoms with van der Waals surface area (Å²) >= 11 is 0.